The van der Waals surface area contributed by atoms with Crippen LogP contribution in [-0.4, -0.2) is 0 Å². The summed E-state index contributed by atoms with van der Waals surface area (Å²) in [4.78, 5) is 0. The van der Waals surface area contributed by atoms with Crippen LogP contribution in [0.25, 0.3) is 11.1 Å². The third-order valence-corrected chi connectivity index (χ3v) is 3.83. The van der Waals surface area contributed by atoms with Gasteiger partial charge in [-0.1, -0.05) is 12.1 Å². The van der Waals surface area contributed by atoms with Crippen molar-refractivity contribution in [3.8, 4) is 11.1 Å². The first kappa shape index (κ1) is 9.03. The molecule has 2 rings (SSSR count). The van der Waals surface area contributed by atoms with E-state index in [1.807, 2.05) is 24.3 Å². The lowest BCUT2D eigenvalue weighted by molar-refractivity contribution is 0.568. The highest BCUT2D eigenvalue weighted by Crippen LogP contribution is 2.33. The van der Waals surface area contributed by atoms with Gasteiger partial charge in [-0.15, -0.1) is 0 Å². The molecule has 1 aromatic carbocycles. The molecular weight excluding hydrogens is 296 g/mol. The molecule has 1 nitrogen and oxygen atoms in total. The Bertz CT molecular complexity index is 407. The first-order chi connectivity index (χ1) is 6.29. The van der Waals surface area contributed by atoms with Crippen LogP contribution in [0.4, 0.5) is 0 Å². The number of furan rings is 1. The molecule has 66 valence electrons. The van der Waals surface area contributed by atoms with Gasteiger partial charge in [0.15, 0.2) is 0 Å². The number of rotatable bonds is 1. The highest BCUT2D eigenvalue weighted by atomic mass is 79.9. The fraction of sp³-hybridized carbons (Fsp3) is 0. The molecule has 0 spiro atoms. The van der Waals surface area contributed by atoms with E-state index in [1.165, 1.54) is 0 Å². The van der Waals surface area contributed by atoms with E-state index in [2.05, 4.69) is 31.9 Å². The molecule has 0 saturated carbocycles. The Morgan fingerprint density at radius 3 is 2.62 bits per heavy atom. The molecule has 3 heteroatoms. The summed E-state index contributed by atoms with van der Waals surface area (Å²) in [6, 6.07) is 7.97. The van der Waals surface area contributed by atoms with Crippen LogP contribution in [0.2, 0.25) is 0 Å². The lowest BCUT2D eigenvalue weighted by Crippen LogP contribution is -1.77. The molecule has 0 fully saturated rings. The molecule has 0 N–H and O–H groups in total. The Balaban J connectivity index is 2.59. The molecular formula is C10H6Br2O. The van der Waals surface area contributed by atoms with Gasteiger partial charge < -0.3 is 4.42 Å². The number of benzene rings is 1. The van der Waals surface area contributed by atoms with E-state index in [-0.39, 0.29) is 0 Å². The summed E-state index contributed by atoms with van der Waals surface area (Å²) in [7, 11) is 0. The Labute approximate surface area is 93.0 Å². The van der Waals surface area contributed by atoms with E-state index >= 15 is 0 Å². The largest absolute Gasteiger partial charge is 0.472 e. The van der Waals surface area contributed by atoms with Gasteiger partial charge >= 0.3 is 0 Å². The average Bonchev–Trinajstić information content (AvgIpc) is 2.62. The molecule has 1 heterocycles. The Kier molecular flexibility index (Phi) is 2.56. The van der Waals surface area contributed by atoms with Gasteiger partial charge in [-0.25, -0.2) is 0 Å². The van der Waals surface area contributed by atoms with Gasteiger partial charge in [-0.3, -0.25) is 0 Å². The normalized spacial score (nSPS) is 10.3. The first-order valence-corrected chi connectivity index (χ1v) is 5.34. The maximum absolute atomic E-state index is 5.03. The van der Waals surface area contributed by atoms with Gasteiger partial charge in [-0.2, -0.15) is 0 Å². The monoisotopic (exact) mass is 300 g/mol. The molecule has 0 amide bonds. The minimum atomic E-state index is 1.05. The first-order valence-electron chi connectivity index (χ1n) is 3.75. The van der Waals surface area contributed by atoms with Gasteiger partial charge in [-0.05, 0) is 44.0 Å². The van der Waals surface area contributed by atoms with E-state index in [4.69, 9.17) is 4.42 Å². The van der Waals surface area contributed by atoms with Crippen LogP contribution in [0.5, 0.6) is 0 Å². The maximum atomic E-state index is 5.03. The van der Waals surface area contributed by atoms with Gasteiger partial charge in [0.2, 0.25) is 0 Å². The van der Waals surface area contributed by atoms with Crippen LogP contribution in [0.15, 0.2) is 50.2 Å². The molecule has 0 radical (unpaired) electrons. The van der Waals surface area contributed by atoms with Crippen molar-refractivity contribution in [2.45, 2.75) is 0 Å². The van der Waals surface area contributed by atoms with Crippen LogP contribution in [0.1, 0.15) is 0 Å². The standard InChI is InChI=1S/C10H6Br2O/c11-9-3-1-2-8(10(9)12)7-4-5-13-6-7/h1-6H. The predicted octanol–water partition coefficient (Wildman–Crippen LogP) is 4.47. The quantitative estimate of drug-likeness (QED) is 0.757. The topological polar surface area (TPSA) is 13.1 Å². The molecule has 0 saturated heterocycles. The van der Waals surface area contributed by atoms with Gasteiger partial charge in [0, 0.05) is 20.1 Å². The number of hydrogen-bond acceptors (Lipinski definition) is 1. The van der Waals surface area contributed by atoms with E-state index in [0.717, 1.165) is 20.1 Å². The summed E-state index contributed by atoms with van der Waals surface area (Å²) in [5.74, 6) is 0. The predicted molar refractivity (Wildman–Crippen MR) is 59.5 cm³/mol. The zero-order chi connectivity index (χ0) is 9.26. The van der Waals surface area contributed by atoms with E-state index < -0.39 is 0 Å². The van der Waals surface area contributed by atoms with E-state index in [1.54, 1.807) is 12.5 Å². The zero-order valence-corrected chi connectivity index (χ0v) is 9.80. The fourth-order valence-electron chi connectivity index (χ4n) is 1.14. The molecule has 0 aliphatic carbocycles. The van der Waals surface area contributed by atoms with Crippen LogP contribution < -0.4 is 0 Å². The molecule has 0 aliphatic rings. The minimum absolute atomic E-state index is 1.05. The highest BCUT2D eigenvalue weighted by molar-refractivity contribution is 9.13. The number of hydrogen-bond donors (Lipinski definition) is 0. The summed E-state index contributed by atoms with van der Waals surface area (Å²) in [5, 5.41) is 0. The molecule has 2 aromatic rings. The van der Waals surface area contributed by atoms with Crippen LogP contribution in [0, 0.1) is 0 Å². The van der Waals surface area contributed by atoms with Crippen molar-refractivity contribution in [2.24, 2.45) is 0 Å². The SMILES string of the molecule is Brc1cccc(-c2ccoc2)c1Br. The third-order valence-electron chi connectivity index (χ3n) is 1.78. The van der Waals surface area contributed by atoms with Crippen molar-refractivity contribution in [1.82, 2.24) is 0 Å². The lowest BCUT2D eigenvalue weighted by Gasteiger charge is -2.02. The van der Waals surface area contributed by atoms with E-state index in [9.17, 15) is 0 Å². The summed E-state index contributed by atoms with van der Waals surface area (Å²) in [6.45, 7) is 0. The summed E-state index contributed by atoms with van der Waals surface area (Å²) < 4.78 is 7.13. The summed E-state index contributed by atoms with van der Waals surface area (Å²) in [6.07, 6.45) is 3.40. The minimum Gasteiger partial charge on any atom is -0.472 e. The molecule has 0 unspecified atom stereocenters. The highest BCUT2D eigenvalue weighted by Gasteiger charge is 2.05. The van der Waals surface area contributed by atoms with Gasteiger partial charge in [0.1, 0.15) is 0 Å². The van der Waals surface area contributed by atoms with Crippen molar-refractivity contribution < 1.29 is 4.42 Å². The zero-order valence-electron chi connectivity index (χ0n) is 6.63. The summed E-state index contributed by atoms with van der Waals surface area (Å²) >= 11 is 6.97. The fourth-order valence-corrected chi connectivity index (χ4v) is 2.00. The smallest absolute Gasteiger partial charge is 0.0981 e. The average molecular weight is 302 g/mol. The van der Waals surface area contributed by atoms with Crippen LogP contribution >= 0.6 is 31.9 Å². The van der Waals surface area contributed by atoms with Crippen molar-refractivity contribution >= 4 is 31.9 Å². The Morgan fingerprint density at radius 2 is 1.92 bits per heavy atom. The number of halogens is 2. The molecule has 0 bridgehead atoms. The molecule has 0 atom stereocenters. The van der Waals surface area contributed by atoms with Crippen molar-refractivity contribution in [2.75, 3.05) is 0 Å². The molecule has 0 aliphatic heterocycles. The summed E-state index contributed by atoms with van der Waals surface area (Å²) in [5.41, 5.74) is 2.20. The van der Waals surface area contributed by atoms with E-state index in [0.29, 0.717) is 0 Å². The second-order valence-corrected chi connectivity index (χ2v) is 4.26. The Hall–Kier alpha value is -0.540. The third kappa shape index (κ3) is 1.71. The van der Waals surface area contributed by atoms with Crippen LogP contribution in [0.3, 0.4) is 0 Å². The van der Waals surface area contributed by atoms with Crippen molar-refractivity contribution in [3.63, 3.8) is 0 Å². The lowest BCUT2D eigenvalue weighted by atomic mass is 10.1. The second-order valence-electron chi connectivity index (χ2n) is 2.61. The molecule has 1 aromatic heterocycles. The van der Waals surface area contributed by atoms with Crippen molar-refractivity contribution in [3.05, 3.63) is 45.7 Å². The Morgan fingerprint density at radius 1 is 1.08 bits per heavy atom. The molecule has 13 heavy (non-hydrogen) atoms. The van der Waals surface area contributed by atoms with Gasteiger partial charge in [0.05, 0.1) is 12.5 Å². The van der Waals surface area contributed by atoms with Crippen molar-refractivity contribution in [1.29, 1.82) is 0 Å². The second kappa shape index (κ2) is 3.68. The van der Waals surface area contributed by atoms with Gasteiger partial charge in [0.25, 0.3) is 0 Å². The van der Waals surface area contributed by atoms with Crippen LogP contribution in [-0.2, 0) is 0 Å². The maximum Gasteiger partial charge on any atom is 0.0981 e.